The van der Waals surface area contributed by atoms with Gasteiger partial charge in [0.25, 0.3) is 0 Å². The first kappa shape index (κ1) is 17.0. The Balaban J connectivity index is 1.55. The van der Waals surface area contributed by atoms with Crippen LogP contribution in [0, 0.1) is 5.92 Å². The Morgan fingerprint density at radius 3 is 2.69 bits per heavy atom. The summed E-state index contributed by atoms with van der Waals surface area (Å²) in [5, 5.41) is 10.7. The number of rotatable bonds is 4. The number of benzene rings is 2. The Bertz CT molecular complexity index is 848. The molecule has 0 bridgehead atoms. The van der Waals surface area contributed by atoms with Crippen molar-refractivity contribution < 1.29 is 9.84 Å². The molecule has 0 unspecified atom stereocenters. The Morgan fingerprint density at radius 2 is 1.88 bits per heavy atom. The highest BCUT2D eigenvalue weighted by atomic mass is 16.5. The van der Waals surface area contributed by atoms with Crippen molar-refractivity contribution >= 4 is 0 Å². The summed E-state index contributed by atoms with van der Waals surface area (Å²) in [6.07, 6.45) is 7.43. The fraction of sp³-hybridized carbons (Fsp3) is 0.333. The van der Waals surface area contributed by atoms with Crippen molar-refractivity contribution in [2.24, 2.45) is 5.92 Å². The summed E-state index contributed by atoms with van der Waals surface area (Å²) < 4.78 is 6.04. The fourth-order valence-electron chi connectivity index (χ4n) is 4.30. The topological polar surface area (TPSA) is 29.5 Å². The van der Waals surface area contributed by atoms with Crippen LogP contribution in [0.1, 0.15) is 48.8 Å². The molecule has 1 N–H and O–H groups in total. The second-order valence-corrected chi connectivity index (χ2v) is 7.62. The molecule has 2 aromatic carbocycles. The highest BCUT2D eigenvalue weighted by Gasteiger charge is 2.36. The van der Waals surface area contributed by atoms with Crippen LogP contribution in [-0.4, -0.2) is 5.11 Å². The van der Waals surface area contributed by atoms with Crippen LogP contribution < -0.4 is 4.74 Å². The van der Waals surface area contributed by atoms with Crippen LogP contribution in [0.5, 0.6) is 11.5 Å². The Morgan fingerprint density at radius 1 is 1.12 bits per heavy atom. The van der Waals surface area contributed by atoms with E-state index in [0.29, 0.717) is 5.75 Å². The molecule has 1 aliphatic heterocycles. The van der Waals surface area contributed by atoms with Gasteiger partial charge in [-0.2, -0.15) is 0 Å². The minimum Gasteiger partial charge on any atom is -0.507 e. The van der Waals surface area contributed by atoms with E-state index in [4.69, 9.17) is 4.74 Å². The highest BCUT2D eigenvalue weighted by molar-refractivity contribution is 5.54. The van der Waals surface area contributed by atoms with Crippen LogP contribution in [0.4, 0.5) is 0 Å². The molecular weight excluding hydrogens is 320 g/mol. The zero-order chi connectivity index (χ0) is 18.1. The average Bonchev–Trinajstić information content (AvgIpc) is 2.62. The molecule has 0 radical (unpaired) electrons. The van der Waals surface area contributed by atoms with Crippen molar-refractivity contribution in [3.05, 3.63) is 83.1 Å². The van der Waals surface area contributed by atoms with Gasteiger partial charge in [0.2, 0.25) is 0 Å². The third-order valence-corrected chi connectivity index (χ3v) is 5.69. The lowest BCUT2D eigenvalue weighted by Gasteiger charge is -2.37. The first-order valence-electron chi connectivity index (χ1n) is 9.55. The van der Waals surface area contributed by atoms with Gasteiger partial charge in [-0.1, -0.05) is 48.6 Å². The maximum atomic E-state index is 10.7. The van der Waals surface area contributed by atoms with Crippen LogP contribution in [0.3, 0.4) is 0 Å². The van der Waals surface area contributed by atoms with Crippen molar-refractivity contribution in [3.8, 4) is 11.5 Å². The molecule has 26 heavy (non-hydrogen) atoms. The SMILES string of the molecule is C=C1Oc2cc(CCCc3ccccc3)cc(O)c2[C@@H]2C=C(C)CC[C@@H]12. The van der Waals surface area contributed by atoms with Gasteiger partial charge < -0.3 is 9.84 Å². The monoisotopic (exact) mass is 346 g/mol. The smallest absolute Gasteiger partial charge is 0.134 e. The number of hydrogen-bond donors (Lipinski definition) is 1. The largest absolute Gasteiger partial charge is 0.507 e. The molecule has 0 fully saturated rings. The number of fused-ring (bicyclic) bond motifs is 3. The van der Waals surface area contributed by atoms with Gasteiger partial charge in [-0.05, 0) is 62.3 Å². The van der Waals surface area contributed by atoms with Crippen LogP contribution in [0.2, 0.25) is 0 Å². The molecule has 0 saturated carbocycles. The molecule has 2 aliphatic rings. The molecule has 2 heteroatoms. The maximum Gasteiger partial charge on any atom is 0.134 e. The number of phenols is 1. The molecule has 0 saturated heterocycles. The minimum absolute atomic E-state index is 0.193. The van der Waals surface area contributed by atoms with Crippen LogP contribution in [-0.2, 0) is 12.8 Å². The lowest BCUT2D eigenvalue weighted by molar-refractivity contribution is 0.275. The van der Waals surface area contributed by atoms with Crippen molar-refractivity contribution in [1.82, 2.24) is 0 Å². The van der Waals surface area contributed by atoms with Crippen molar-refractivity contribution in [3.63, 3.8) is 0 Å². The molecule has 0 spiro atoms. The lowest BCUT2D eigenvalue weighted by Crippen LogP contribution is -2.25. The van der Waals surface area contributed by atoms with E-state index in [1.165, 1.54) is 11.1 Å². The number of allylic oxidation sites excluding steroid dienone is 3. The molecule has 1 heterocycles. The summed E-state index contributed by atoms with van der Waals surface area (Å²) in [5.74, 6) is 2.47. The van der Waals surface area contributed by atoms with Gasteiger partial charge >= 0.3 is 0 Å². The second kappa shape index (κ2) is 7.03. The number of aryl methyl sites for hydroxylation is 2. The molecule has 1 aliphatic carbocycles. The van der Waals surface area contributed by atoms with Crippen LogP contribution in [0.25, 0.3) is 0 Å². The van der Waals surface area contributed by atoms with Crippen molar-refractivity contribution in [2.45, 2.75) is 44.9 Å². The van der Waals surface area contributed by atoms with Crippen molar-refractivity contribution in [1.29, 1.82) is 0 Å². The quantitative estimate of drug-likeness (QED) is 0.697. The fourth-order valence-corrected chi connectivity index (χ4v) is 4.30. The van der Waals surface area contributed by atoms with Gasteiger partial charge in [-0.25, -0.2) is 0 Å². The van der Waals surface area contributed by atoms with Gasteiger partial charge in [0.15, 0.2) is 0 Å². The van der Waals surface area contributed by atoms with E-state index in [1.54, 1.807) is 0 Å². The predicted molar refractivity (Wildman–Crippen MR) is 106 cm³/mol. The van der Waals surface area contributed by atoms with Gasteiger partial charge in [0.1, 0.15) is 17.3 Å². The number of ether oxygens (including phenoxy) is 1. The van der Waals surface area contributed by atoms with E-state index in [1.807, 2.05) is 12.1 Å². The summed E-state index contributed by atoms with van der Waals surface area (Å²) in [7, 11) is 0. The summed E-state index contributed by atoms with van der Waals surface area (Å²) in [6.45, 7) is 6.32. The third kappa shape index (κ3) is 3.29. The molecular formula is C24H26O2. The third-order valence-electron chi connectivity index (χ3n) is 5.69. The number of aromatic hydroxyl groups is 1. The molecule has 4 rings (SSSR count). The first-order valence-corrected chi connectivity index (χ1v) is 9.55. The predicted octanol–water partition coefficient (Wildman–Crippen LogP) is 5.91. The van der Waals surface area contributed by atoms with E-state index >= 15 is 0 Å². The molecule has 2 atom stereocenters. The molecule has 2 nitrogen and oxygen atoms in total. The van der Waals surface area contributed by atoms with E-state index in [2.05, 4.69) is 49.9 Å². The molecule has 0 aromatic heterocycles. The zero-order valence-corrected chi connectivity index (χ0v) is 15.4. The van der Waals surface area contributed by atoms with Crippen molar-refractivity contribution in [2.75, 3.05) is 0 Å². The van der Waals surface area contributed by atoms with E-state index in [0.717, 1.165) is 54.7 Å². The van der Waals surface area contributed by atoms with Gasteiger partial charge in [-0.3, -0.25) is 0 Å². The molecule has 0 amide bonds. The highest BCUT2D eigenvalue weighted by Crippen LogP contribution is 2.51. The second-order valence-electron chi connectivity index (χ2n) is 7.62. The average molecular weight is 346 g/mol. The first-order chi connectivity index (χ1) is 12.6. The maximum absolute atomic E-state index is 10.7. The lowest BCUT2D eigenvalue weighted by atomic mass is 9.74. The molecule has 2 aromatic rings. The van der Waals surface area contributed by atoms with Gasteiger partial charge in [0, 0.05) is 17.4 Å². The zero-order valence-electron chi connectivity index (χ0n) is 15.4. The summed E-state index contributed by atoms with van der Waals surface area (Å²) in [6, 6.07) is 14.6. The van der Waals surface area contributed by atoms with E-state index < -0.39 is 0 Å². The summed E-state index contributed by atoms with van der Waals surface area (Å²) in [4.78, 5) is 0. The van der Waals surface area contributed by atoms with Crippen LogP contribution in [0.15, 0.2) is 66.5 Å². The summed E-state index contributed by atoms with van der Waals surface area (Å²) in [5.41, 5.74) is 4.80. The van der Waals surface area contributed by atoms with Crippen LogP contribution >= 0.6 is 0 Å². The van der Waals surface area contributed by atoms with E-state index in [-0.39, 0.29) is 11.8 Å². The number of hydrogen-bond acceptors (Lipinski definition) is 2. The molecule has 134 valence electrons. The van der Waals surface area contributed by atoms with E-state index in [9.17, 15) is 5.11 Å². The Kier molecular flexibility index (Phi) is 4.58. The minimum atomic E-state index is 0.193. The van der Waals surface area contributed by atoms with Gasteiger partial charge in [-0.15, -0.1) is 0 Å². The standard InChI is InChI=1S/C24H26O2/c1-16-11-12-20-17(2)26-23-15-19(14-22(25)24(23)21(20)13-16)10-6-9-18-7-4-3-5-8-18/h3-5,7-8,13-15,20-21,25H,2,6,9-12H2,1H3/t20-,21+/m0/s1. The van der Waals surface area contributed by atoms with Gasteiger partial charge in [0.05, 0.1) is 0 Å². The number of phenolic OH excluding ortho intramolecular Hbond substituents is 1. The Labute approximate surface area is 155 Å². The Hall–Kier alpha value is -2.48. The summed E-state index contributed by atoms with van der Waals surface area (Å²) >= 11 is 0. The normalized spacial score (nSPS) is 21.4.